The van der Waals surface area contributed by atoms with E-state index in [1.807, 2.05) is 0 Å². The SMILES string of the molecule is CCCCCCCCCCCCOC1CCC(C2CC(C)(C)NC(C)(C)C2)CC1C. The van der Waals surface area contributed by atoms with Crippen LogP contribution in [-0.2, 0) is 4.74 Å². The van der Waals surface area contributed by atoms with Crippen molar-refractivity contribution in [2.75, 3.05) is 6.61 Å². The number of unbranched alkanes of at least 4 members (excludes halogenated alkanes) is 9. The summed E-state index contributed by atoms with van der Waals surface area (Å²) in [6.07, 6.45) is 21.2. The quantitative estimate of drug-likeness (QED) is 0.302. The second kappa shape index (κ2) is 12.8. The molecule has 1 N–H and O–H groups in total. The molecule has 1 aliphatic carbocycles. The lowest BCUT2D eigenvalue weighted by molar-refractivity contribution is -0.0348. The fourth-order valence-corrected chi connectivity index (χ4v) is 6.64. The summed E-state index contributed by atoms with van der Waals surface area (Å²) in [5, 5.41) is 3.86. The second-order valence-electron chi connectivity index (χ2n) is 12.2. The Balaban J connectivity index is 1.56. The Hall–Kier alpha value is -0.0800. The number of ether oxygens (including phenoxy) is 1. The third-order valence-corrected chi connectivity index (χ3v) is 7.85. The van der Waals surface area contributed by atoms with Gasteiger partial charge in [-0.1, -0.05) is 71.6 Å². The lowest BCUT2D eigenvalue weighted by Crippen LogP contribution is -2.59. The van der Waals surface area contributed by atoms with E-state index < -0.39 is 0 Å². The highest BCUT2D eigenvalue weighted by atomic mass is 16.5. The molecule has 3 atom stereocenters. The van der Waals surface area contributed by atoms with E-state index in [1.165, 1.54) is 96.3 Å². The van der Waals surface area contributed by atoms with Crippen molar-refractivity contribution in [3.05, 3.63) is 0 Å². The molecule has 2 aliphatic rings. The summed E-state index contributed by atoms with van der Waals surface area (Å²) < 4.78 is 6.37. The Morgan fingerprint density at radius 2 is 1.27 bits per heavy atom. The molecular formula is C28H55NO. The average Bonchev–Trinajstić information content (AvgIpc) is 2.64. The molecule has 2 rings (SSSR count). The summed E-state index contributed by atoms with van der Waals surface area (Å²) >= 11 is 0. The van der Waals surface area contributed by atoms with Crippen molar-refractivity contribution < 1.29 is 4.74 Å². The van der Waals surface area contributed by atoms with Gasteiger partial charge in [-0.15, -0.1) is 0 Å². The molecule has 0 aromatic heterocycles. The minimum absolute atomic E-state index is 0.276. The maximum Gasteiger partial charge on any atom is 0.0600 e. The summed E-state index contributed by atoms with van der Waals surface area (Å²) in [5.41, 5.74) is 0.553. The topological polar surface area (TPSA) is 21.3 Å². The van der Waals surface area contributed by atoms with E-state index in [0.717, 1.165) is 24.4 Å². The van der Waals surface area contributed by atoms with Crippen LogP contribution in [0.25, 0.3) is 0 Å². The van der Waals surface area contributed by atoms with Gasteiger partial charge in [0.1, 0.15) is 0 Å². The monoisotopic (exact) mass is 421 g/mol. The van der Waals surface area contributed by atoms with Gasteiger partial charge in [-0.25, -0.2) is 0 Å². The molecule has 3 unspecified atom stereocenters. The van der Waals surface area contributed by atoms with Crippen LogP contribution in [0, 0.1) is 17.8 Å². The molecule has 1 saturated heterocycles. The Morgan fingerprint density at radius 3 is 1.80 bits per heavy atom. The number of nitrogens with one attached hydrogen (secondary N) is 1. The highest BCUT2D eigenvalue weighted by Gasteiger charge is 2.42. The minimum Gasteiger partial charge on any atom is -0.378 e. The van der Waals surface area contributed by atoms with E-state index in [9.17, 15) is 0 Å². The van der Waals surface area contributed by atoms with Gasteiger partial charge in [-0.3, -0.25) is 0 Å². The first-order valence-corrected chi connectivity index (χ1v) is 13.6. The van der Waals surface area contributed by atoms with Crippen molar-refractivity contribution >= 4 is 0 Å². The van der Waals surface area contributed by atoms with Crippen molar-refractivity contribution in [1.82, 2.24) is 5.32 Å². The lowest BCUT2D eigenvalue weighted by atomic mass is 9.65. The first-order valence-electron chi connectivity index (χ1n) is 13.6. The fraction of sp³-hybridized carbons (Fsp3) is 1.00. The molecule has 0 amide bonds. The van der Waals surface area contributed by atoms with Gasteiger partial charge in [0.2, 0.25) is 0 Å². The molecule has 178 valence electrons. The Morgan fingerprint density at radius 1 is 0.733 bits per heavy atom. The molecule has 1 aliphatic heterocycles. The van der Waals surface area contributed by atoms with Gasteiger partial charge >= 0.3 is 0 Å². The first kappa shape index (κ1) is 26.2. The average molecular weight is 422 g/mol. The fourth-order valence-electron chi connectivity index (χ4n) is 6.64. The van der Waals surface area contributed by atoms with Crippen LogP contribution in [0.3, 0.4) is 0 Å². The molecule has 2 nitrogen and oxygen atoms in total. The molecule has 0 spiro atoms. The molecule has 2 fully saturated rings. The first-order chi connectivity index (χ1) is 14.2. The normalized spacial score (nSPS) is 29.2. The molecule has 0 aromatic carbocycles. The van der Waals surface area contributed by atoms with Gasteiger partial charge in [0.15, 0.2) is 0 Å². The van der Waals surface area contributed by atoms with Crippen LogP contribution in [0.5, 0.6) is 0 Å². The predicted octanol–water partition coefficient (Wildman–Crippen LogP) is 8.29. The van der Waals surface area contributed by atoms with Crippen LogP contribution in [0.1, 0.15) is 138 Å². The van der Waals surface area contributed by atoms with E-state index in [-0.39, 0.29) is 11.1 Å². The zero-order chi connectivity index (χ0) is 22.0. The Kier molecular flexibility index (Phi) is 11.2. The van der Waals surface area contributed by atoms with Crippen LogP contribution < -0.4 is 5.32 Å². The molecule has 1 saturated carbocycles. The van der Waals surface area contributed by atoms with Crippen LogP contribution in [0.15, 0.2) is 0 Å². The third-order valence-electron chi connectivity index (χ3n) is 7.85. The van der Waals surface area contributed by atoms with Crippen molar-refractivity contribution in [3.63, 3.8) is 0 Å². The molecule has 0 bridgehead atoms. The smallest absolute Gasteiger partial charge is 0.0600 e. The summed E-state index contributed by atoms with van der Waals surface area (Å²) in [4.78, 5) is 0. The number of hydrogen-bond donors (Lipinski definition) is 1. The molecule has 0 radical (unpaired) electrons. The van der Waals surface area contributed by atoms with Crippen LogP contribution >= 0.6 is 0 Å². The van der Waals surface area contributed by atoms with Crippen LogP contribution in [0.2, 0.25) is 0 Å². The maximum atomic E-state index is 6.37. The largest absolute Gasteiger partial charge is 0.378 e. The van der Waals surface area contributed by atoms with Crippen molar-refractivity contribution in [2.45, 2.75) is 155 Å². The van der Waals surface area contributed by atoms with Gasteiger partial charge in [0.05, 0.1) is 6.10 Å². The molecule has 1 heterocycles. The van der Waals surface area contributed by atoms with E-state index >= 15 is 0 Å². The summed E-state index contributed by atoms with van der Waals surface area (Å²) in [6.45, 7) is 15.3. The van der Waals surface area contributed by atoms with Crippen LogP contribution in [-0.4, -0.2) is 23.8 Å². The number of rotatable bonds is 13. The van der Waals surface area contributed by atoms with E-state index in [0.29, 0.717) is 6.10 Å². The number of hydrogen-bond acceptors (Lipinski definition) is 2. The molecule has 2 heteroatoms. The maximum absolute atomic E-state index is 6.37. The van der Waals surface area contributed by atoms with Gasteiger partial charge in [0, 0.05) is 17.7 Å². The van der Waals surface area contributed by atoms with Gasteiger partial charge in [-0.05, 0) is 84.0 Å². The zero-order valence-electron chi connectivity index (χ0n) is 21.5. The highest BCUT2D eigenvalue weighted by molar-refractivity contribution is 4.99. The molecule has 0 aromatic rings. The Bertz CT molecular complexity index is 442. The number of piperidine rings is 1. The Labute approximate surface area is 189 Å². The summed E-state index contributed by atoms with van der Waals surface area (Å²) in [6, 6.07) is 0. The highest BCUT2D eigenvalue weighted by Crippen LogP contribution is 2.44. The lowest BCUT2D eigenvalue weighted by Gasteiger charge is -2.50. The molecule has 30 heavy (non-hydrogen) atoms. The molecular weight excluding hydrogens is 366 g/mol. The second-order valence-corrected chi connectivity index (χ2v) is 12.2. The van der Waals surface area contributed by atoms with E-state index in [1.54, 1.807) is 0 Å². The van der Waals surface area contributed by atoms with Crippen molar-refractivity contribution in [3.8, 4) is 0 Å². The van der Waals surface area contributed by atoms with Gasteiger partial charge in [0.25, 0.3) is 0 Å². The van der Waals surface area contributed by atoms with E-state index in [4.69, 9.17) is 4.74 Å². The predicted molar refractivity (Wildman–Crippen MR) is 132 cm³/mol. The zero-order valence-corrected chi connectivity index (χ0v) is 21.5. The van der Waals surface area contributed by atoms with Crippen molar-refractivity contribution in [1.29, 1.82) is 0 Å². The third kappa shape index (κ3) is 9.60. The van der Waals surface area contributed by atoms with E-state index in [2.05, 4.69) is 46.9 Å². The van der Waals surface area contributed by atoms with Gasteiger partial charge in [-0.2, -0.15) is 0 Å². The minimum atomic E-state index is 0.276. The summed E-state index contributed by atoms with van der Waals surface area (Å²) in [5.74, 6) is 2.51. The van der Waals surface area contributed by atoms with Gasteiger partial charge < -0.3 is 10.1 Å². The van der Waals surface area contributed by atoms with Crippen molar-refractivity contribution in [2.24, 2.45) is 17.8 Å². The summed E-state index contributed by atoms with van der Waals surface area (Å²) in [7, 11) is 0. The van der Waals surface area contributed by atoms with Crippen LogP contribution in [0.4, 0.5) is 0 Å². The standard InChI is InChI=1S/C28H55NO/c1-7-8-9-10-11-12-13-14-15-16-19-30-26-18-17-24(20-23(26)2)25-21-27(3,4)29-28(5,6)22-25/h23-26,29H,7-22H2,1-6H3.